The Hall–Kier alpha value is -1.30. The normalized spacial score (nSPS) is 11.9. The molecule has 0 fully saturated rings. The summed E-state index contributed by atoms with van der Waals surface area (Å²) in [6.07, 6.45) is 19.0. The number of methoxy groups -OCH3 is 1. The van der Waals surface area contributed by atoms with Gasteiger partial charge in [0.15, 0.2) is 0 Å². The predicted molar refractivity (Wildman–Crippen MR) is 126 cm³/mol. The number of hydrogen-bond acceptors (Lipinski definition) is 5. The smallest absolute Gasteiger partial charge is 0.410 e. The molecule has 0 aromatic heterocycles. The molecule has 0 saturated carbocycles. The number of nitrogens with zero attached hydrogens (tertiary/aromatic N) is 1. The van der Waals surface area contributed by atoms with E-state index in [1.165, 1.54) is 103 Å². The summed E-state index contributed by atoms with van der Waals surface area (Å²) in [7, 11) is 3.07. The summed E-state index contributed by atoms with van der Waals surface area (Å²) < 4.78 is 15.1. The van der Waals surface area contributed by atoms with E-state index in [4.69, 9.17) is 14.2 Å². The second-order valence-electron chi connectivity index (χ2n) is 8.51. The molecule has 0 aliphatic rings. The van der Waals surface area contributed by atoms with Crippen LogP contribution in [0.25, 0.3) is 0 Å². The van der Waals surface area contributed by atoms with Crippen molar-refractivity contribution >= 4 is 12.1 Å². The van der Waals surface area contributed by atoms with Gasteiger partial charge in [0.25, 0.3) is 0 Å². The van der Waals surface area contributed by atoms with Crippen LogP contribution in [-0.4, -0.2) is 57.0 Å². The zero-order chi connectivity index (χ0) is 23.2. The van der Waals surface area contributed by atoms with Gasteiger partial charge in [-0.2, -0.15) is 0 Å². The summed E-state index contributed by atoms with van der Waals surface area (Å²) >= 11 is 0. The van der Waals surface area contributed by atoms with Crippen molar-refractivity contribution in [1.82, 2.24) is 4.90 Å². The van der Waals surface area contributed by atoms with Gasteiger partial charge >= 0.3 is 12.1 Å². The van der Waals surface area contributed by atoms with E-state index in [1.54, 1.807) is 6.92 Å². The lowest BCUT2D eigenvalue weighted by Gasteiger charge is -2.22. The summed E-state index contributed by atoms with van der Waals surface area (Å²) in [5, 5.41) is 0. The molecule has 184 valence electrons. The van der Waals surface area contributed by atoms with Gasteiger partial charge in [0, 0.05) is 14.2 Å². The van der Waals surface area contributed by atoms with Crippen LogP contribution >= 0.6 is 0 Å². The van der Waals surface area contributed by atoms with E-state index >= 15 is 0 Å². The maximum Gasteiger partial charge on any atom is 0.410 e. The molecule has 31 heavy (non-hydrogen) atoms. The third-order valence-corrected chi connectivity index (χ3v) is 5.72. The molecular formula is C25H49NO5. The van der Waals surface area contributed by atoms with Crippen LogP contribution in [0.1, 0.15) is 110 Å². The van der Waals surface area contributed by atoms with Crippen LogP contribution in [0.2, 0.25) is 0 Å². The summed E-state index contributed by atoms with van der Waals surface area (Å²) in [5.74, 6) is -0.392. The highest BCUT2D eigenvalue weighted by atomic mass is 16.6. The van der Waals surface area contributed by atoms with Crippen LogP contribution in [0.5, 0.6) is 0 Å². The topological polar surface area (TPSA) is 65.1 Å². The number of likely N-dealkylation sites (N-methyl/N-ethyl adjacent to an activating group) is 1. The molecule has 6 nitrogen and oxygen atoms in total. The van der Waals surface area contributed by atoms with E-state index in [0.29, 0.717) is 13.2 Å². The molecule has 1 amide bonds. The maximum absolute atomic E-state index is 12.1. The fourth-order valence-corrected chi connectivity index (χ4v) is 3.40. The quantitative estimate of drug-likeness (QED) is 0.149. The highest BCUT2D eigenvalue weighted by Crippen LogP contribution is 2.13. The number of esters is 1. The third kappa shape index (κ3) is 18.0. The van der Waals surface area contributed by atoms with Crippen molar-refractivity contribution in [2.75, 3.05) is 34.0 Å². The Balaban J connectivity index is 3.47. The number of carbonyl (C=O) groups excluding carboxylic acids is 2. The van der Waals surface area contributed by atoms with Crippen LogP contribution < -0.4 is 0 Å². The fourth-order valence-electron chi connectivity index (χ4n) is 3.40. The summed E-state index contributed by atoms with van der Waals surface area (Å²) in [4.78, 5) is 25.2. The molecule has 0 aromatic rings. The van der Waals surface area contributed by atoms with Crippen molar-refractivity contribution in [1.29, 1.82) is 0 Å². The highest BCUT2D eigenvalue weighted by Gasteiger charge is 2.24. The average molecular weight is 444 g/mol. The standard InChI is InChI=1S/C25H49NO5/c1-5-6-7-8-9-10-11-12-13-14-15-16-17-18-19-20-30-24(27)23(2)26(3)25(28)31-22-21-29-4/h23H,5-22H2,1-4H3. The van der Waals surface area contributed by atoms with E-state index in [1.807, 2.05) is 0 Å². The van der Waals surface area contributed by atoms with Crippen molar-refractivity contribution in [2.24, 2.45) is 0 Å². The number of rotatable bonds is 21. The zero-order valence-electron chi connectivity index (χ0n) is 20.8. The first-order valence-corrected chi connectivity index (χ1v) is 12.6. The Morgan fingerprint density at radius 2 is 1.13 bits per heavy atom. The Kier molecular flexibility index (Phi) is 21.0. The van der Waals surface area contributed by atoms with Gasteiger partial charge in [0.05, 0.1) is 13.2 Å². The van der Waals surface area contributed by atoms with Gasteiger partial charge in [-0.05, 0) is 13.3 Å². The van der Waals surface area contributed by atoms with Crippen molar-refractivity contribution in [2.45, 2.75) is 116 Å². The maximum atomic E-state index is 12.1. The minimum Gasteiger partial charge on any atom is -0.464 e. The predicted octanol–water partition coefficient (Wildman–Crippen LogP) is 6.50. The largest absolute Gasteiger partial charge is 0.464 e. The Bertz CT molecular complexity index is 430. The van der Waals surface area contributed by atoms with Crippen LogP contribution in [-0.2, 0) is 19.0 Å². The number of unbranched alkanes of at least 4 members (excludes halogenated alkanes) is 14. The minimum absolute atomic E-state index is 0.167. The number of ether oxygens (including phenoxy) is 3. The monoisotopic (exact) mass is 443 g/mol. The molecule has 0 rings (SSSR count). The molecule has 0 N–H and O–H groups in total. The van der Waals surface area contributed by atoms with Gasteiger partial charge in [-0.15, -0.1) is 0 Å². The summed E-state index contributed by atoms with van der Waals surface area (Å²) in [5.41, 5.74) is 0. The Morgan fingerprint density at radius 3 is 1.58 bits per heavy atom. The highest BCUT2D eigenvalue weighted by molar-refractivity contribution is 5.80. The molecule has 0 spiro atoms. The van der Waals surface area contributed by atoms with Gasteiger partial charge in [0.2, 0.25) is 0 Å². The molecule has 6 heteroatoms. The van der Waals surface area contributed by atoms with Gasteiger partial charge in [-0.3, -0.25) is 4.90 Å². The van der Waals surface area contributed by atoms with E-state index in [-0.39, 0.29) is 6.61 Å². The van der Waals surface area contributed by atoms with Gasteiger partial charge < -0.3 is 14.2 Å². The van der Waals surface area contributed by atoms with E-state index in [9.17, 15) is 9.59 Å². The van der Waals surface area contributed by atoms with Crippen molar-refractivity contribution in [3.05, 3.63) is 0 Å². The second-order valence-corrected chi connectivity index (χ2v) is 8.51. The molecule has 0 heterocycles. The second kappa shape index (κ2) is 21.9. The summed E-state index contributed by atoms with van der Waals surface area (Å²) in [6.45, 7) is 4.82. The number of carbonyl (C=O) groups is 2. The molecule has 0 bridgehead atoms. The van der Waals surface area contributed by atoms with Crippen molar-refractivity contribution < 1.29 is 23.8 Å². The zero-order valence-corrected chi connectivity index (χ0v) is 20.8. The minimum atomic E-state index is -0.661. The molecule has 0 saturated heterocycles. The Labute approximate surface area is 191 Å². The van der Waals surface area contributed by atoms with Crippen molar-refractivity contribution in [3.63, 3.8) is 0 Å². The van der Waals surface area contributed by atoms with Crippen LogP contribution in [0.4, 0.5) is 4.79 Å². The van der Waals surface area contributed by atoms with E-state index < -0.39 is 18.1 Å². The van der Waals surface area contributed by atoms with Gasteiger partial charge in [0.1, 0.15) is 12.6 Å². The number of amides is 1. The van der Waals surface area contributed by atoms with Gasteiger partial charge in [-0.1, -0.05) is 96.8 Å². The van der Waals surface area contributed by atoms with E-state index in [2.05, 4.69) is 6.92 Å². The number of hydrogen-bond donors (Lipinski definition) is 0. The molecule has 1 unspecified atom stereocenters. The third-order valence-electron chi connectivity index (χ3n) is 5.72. The molecular weight excluding hydrogens is 394 g/mol. The lowest BCUT2D eigenvalue weighted by atomic mass is 10.0. The summed E-state index contributed by atoms with van der Waals surface area (Å²) in [6, 6.07) is -0.661. The first-order valence-electron chi connectivity index (χ1n) is 12.6. The first kappa shape index (κ1) is 29.7. The van der Waals surface area contributed by atoms with E-state index in [0.717, 1.165) is 12.8 Å². The lowest BCUT2D eigenvalue weighted by Crippen LogP contribution is -2.42. The van der Waals surface area contributed by atoms with Gasteiger partial charge in [-0.25, -0.2) is 9.59 Å². The first-order chi connectivity index (χ1) is 15.0. The molecule has 0 aromatic carbocycles. The molecule has 1 atom stereocenters. The fraction of sp³-hybridized carbons (Fsp3) is 0.920. The van der Waals surface area contributed by atoms with Crippen LogP contribution in [0, 0.1) is 0 Å². The lowest BCUT2D eigenvalue weighted by molar-refractivity contribution is -0.148. The van der Waals surface area contributed by atoms with Crippen LogP contribution in [0.3, 0.4) is 0 Å². The molecule has 0 aliphatic carbocycles. The molecule has 0 radical (unpaired) electrons. The molecule has 0 aliphatic heterocycles. The Morgan fingerprint density at radius 1 is 0.677 bits per heavy atom. The van der Waals surface area contributed by atoms with Crippen molar-refractivity contribution in [3.8, 4) is 0 Å². The SMILES string of the molecule is CCCCCCCCCCCCCCCCCOC(=O)C(C)N(C)C(=O)OCCOC. The van der Waals surface area contributed by atoms with Crippen LogP contribution in [0.15, 0.2) is 0 Å². The average Bonchev–Trinajstić information content (AvgIpc) is 2.77.